The Morgan fingerprint density at radius 3 is 2.70 bits per heavy atom. The number of imidazole rings is 1. The van der Waals surface area contributed by atoms with E-state index >= 15 is 0 Å². The SMILES string of the molecule is CCn1nccc1C(=O)Nc1c(-c2ccccc2)nc2sc(N3CCCCC3)nn12. The Bertz CT molecular complexity index is 1170. The molecule has 0 bridgehead atoms. The predicted molar refractivity (Wildman–Crippen MR) is 118 cm³/mol. The monoisotopic (exact) mass is 421 g/mol. The molecule has 1 saturated heterocycles. The van der Waals surface area contributed by atoms with E-state index in [1.807, 2.05) is 37.3 Å². The van der Waals surface area contributed by atoms with Gasteiger partial charge in [-0.1, -0.05) is 41.7 Å². The predicted octanol–water partition coefficient (Wildman–Crippen LogP) is 3.92. The lowest BCUT2D eigenvalue weighted by Gasteiger charge is -2.25. The number of anilines is 2. The smallest absolute Gasteiger partial charge is 0.275 e. The molecule has 1 aliphatic rings. The number of aryl methyl sites for hydroxylation is 1. The van der Waals surface area contributed by atoms with E-state index in [0.29, 0.717) is 18.1 Å². The summed E-state index contributed by atoms with van der Waals surface area (Å²) in [6, 6.07) is 11.6. The molecule has 0 unspecified atom stereocenters. The van der Waals surface area contributed by atoms with Crippen molar-refractivity contribution >= 4 is 33.2 Å². The molecule has 8 nitrogen and oxygen atoms in total. The molecular weight excluding hydrogens is 398 g/mol. The van der Waals surface area contributed by atoms with Gasteiger partial charge in [0.25, 0.3) is 5.91 Å². The second-order valence-corrected chi connectivity index (χ2v) is 8.22. The van der Waals surface area contributed by atoms with Crippen molar-refractivity contribution < 1.29 is 4.79 Å². The van der Waals surface area contributed by atoms with Crippen molar-refractivity contribution in [1.29, 1.82) is 0 Å². The number of carbonyl (C=O) groups excluding carboxylic acids is 1. The number of rotatable bonds is 5. The van der Waals surface area contributed by atoms with E-state index in [-0.39, 0.29) is 5.91 Å². The molecular formula is C21H23N7OS. The third kappa shape index (κ3) is 3.35. The number of hydrogen-bond acceptors (Lipinski definition) is 6. The topological polar surface area (TPSA) is 80.3 Å². The van der Waals surface area contributed by atoms with Crippen molar-refractivity contribution in [3.05, 3.63) is 48.3 Å². The maximum Gasteiger partial charge on any atom is 0.275 e. The molecule has 0 aliphatic carbocycles. The van der Waals surface area contributed by atoms with Crippen molar-refractivity contribution in [3.63, 3.8) is 0 Å². The standard InChI is InChI=1S/C21H23N7OS/c1-2-27-16(11-12-22-27)19(29)24-18-17(15-9-5-3-6-10-15)23-20-28(18)25-21(30-20)26-13-7-4-8-14-26/h3,5-6,9-12H,2,4,7-8,13-14H2,1H3,(H,24,29). The Morgan fingerprint density at radius 2 is 1.93 bits per heavy atom. The molecule has 0 atom stereocenters. The summed E-state index contributed by atoms with van der Waals surface area (Å²) in [6.07, 6.45) is 5.27. The number of benzene rings is 1. The Morgan fingerprint density at radius 1 is 1.13 bits per heavy atom. The fourth-order valence-electron chi connectivity index (χ4n) is 3.81. The van der Waals surface area contributed by atoms with Crippen molar-refractivity contribution in [1.82, 2.24) is 24.4 Å². The Hall–Kier alpha value is -3.20. The molecule has 1 N–H and O–H groups in total. The van der Waals surface area contributed by atoms with Crippen LogP contribution in [0.4, 0.5) is 10.9 Å². The number of piperidine rings is 1. The van der Waals surface area contributed by atoms with Crippen molar-refractivity contribution in [2.45, 2.75) is 32.7 Å². The number of nitrogens with zero attached hydrogens (tertiary/aromatic N) is 6. The lowest BCUT2D eigenvalue weighted by molar-refractivity contribution is 0.101. The Labute approximate surface area is 178 Å². The summed E-state index contributed by atoms with van der Waals surface area (Å²) in [7, 11) is 0. The summed E-state index contributed by atoms with van der Waals surface area (Å²) in [5, 5.41) is 13.0. The van der Waals surface area contributed by atoms with Crippen LogP contribution in [-0.2, 0) is 6.54 Å². The van der Waals surface area contributed by atoms with Crippen LogP contribution in [0.15, 0.2) is 42.6 Å². The molecule has 4 heterocycles. The van der Waals surface area contributed by atoms with Crippen LogP contribution in [0.25, 0.3) is 16.2 Å². The summed E-state index contributed by atoms with van der Waals surface area (Å²) < 4.78 is 3.44. The van der Waals surface area contributed by atoms with E-state index in [1.165, 1.54) is 19.3 Å². The lowest BCUT2D eigenvalue weighted by atomic mass is 10.1. The Balaban J connectivity index is 1.57. The van der Waals surface area contributed by atoms with Gasteiger partial charge in [0, 0.05) is 31.4 Å². The zero-order valence-corrected chi connectivity index (χ0v) is 17.6. The molecule has 5 rings (SSSR count). The average molecular weight is 422 g/mol. The largest absolute Gasteiger partial charge is 0.347 e. The molecule has 4 aromatic rings. The molecule has 9 heteroatoms. The first-order valence-corrected chi connectivity index (χ1v) is 11.1. The molecule has 30 heavy (non-hydrogen) atoms. The number of aromatic nitrogens is 5. The van der Waals surface area contributed by atoms with Gasteiger partial charge in [-0.2, -0.15) is 9.61 Å². The molecule has 0 spiro atoms. The van der Waals surface area contributed by atoms with Gasteiger partial charge in [0.2, 0.25) is 10.1 Å². The van der Waals surface area contributed by atoms with Crippen molar-refractivity contribution in [2.24, 2.45) is 0 Å². The van der Waals surface area contributed by atoms with Gasteiger partial charge in [0.05, 0.1) is 0 Å². The third-order valence-corrected chi connectivity index (χ3v) is 6.32. The van der Waals surface area contributed by atoms with E-state index in [1.54, 1.807) is 32.8 Å². The number of hydrogen-bond donors (Lipinski definition) is 1. The minimum Gasteiger partial charge on any atom is -0.347 e. The normalized spacial score (nSPS) is 14.4. The molecule has 154 valence electrons. The molecule has 1 amide bonds. The van der Waals surface area contributed by atoms with Gasteiger partial charge >= 0.3 is 0 Å². The van der Waals surface area contributed by atoms with Crippen LogP contribution in [0.5, 0.6) is 0 Å². The maximum absolute atomic E-state index is 13.0. The second kappa shape index (κ2) is 7.91. The van der Waals surface area contributed by atoms with Crippen LogP contribution >= 0.6 is 11.3 Å². The van der Waals surface area contributed by atoms with Gasteiger partial charge in [-0.25, -0.2) is 4.98 Å². The maximum atomic E-state index is 13.0. The fraction of sp³-hybridized carbons (Fsp3) is 0.333. The quantitative estimate of drug-likeness (QED) is 0.528. The van der Waals surface area contributed by atoms with E-state index < -0.39 is 0 Å². The highest BCUT2D eigenvalue weighted by molar-refractivity contribution is 7.20. The average Bonchev–Trinajstić information content (AvgIpc) is 3.50. The Kier molecular flexibility index (Phi) is 4.96. The van der Waals surface area contributed by atoms with E-state index in [2.05, 4.69) is 15.3 Å². The number of amides is 1. The van der Waals surface area contributed by atoms with Gasteiger partial charge in [-0.3, -0.25) is 9.48 Å². The first-order chi connectivity index (χ1) is 14.7. The van der Waals surface area contributed by atoms with Gasteiger partial charge in [-0.15, -0.1) is 5.10 Å². The highest BCUT2D eigenvalue weighted by atomic mass is 32.1. The number of fused-ring (bicyclic) bond motifs is 1. The zero-order chi connectivity index (χ0) is 20.5. The van der Waals surface area contributed by atoms with Gasteiger partial charge in [-0.05, 0) is 32.3 Å². The van der Waals surface area contributed by atoms with E-state index in [9.17, 15) is 4.79 Å². The molecule has 0 saturated carbocycles. The summed E-state index contributed by atoms with van der Waals surface area (Å²) in [6.45, 7) is 4.61. The summed E-state index contributed by atoms with van der Waals surface area (Å²) in [5.74, 6) is 0.366. The molecule has 1 aromatic carbocycles. The first-order valence-electron chi connectivity index (χ1n) is 10.3. The minimum absolute atomic E-state index is 0.221. The van der Waals surface area contributed by atoms with E-state index in [0.717, 1.165) is 34.4 Å². The van der Waals surface area contributed by atoms with Crippen molar-refractivity contribution in [3.8, 4) is 11.3 Å². The fourth-order valence-corrected chi connectivity index (χ4v) is 4.76. The van der Waals surface area contributed by atoms with Gasteiger partial charge < -0.3 is 10.2 Å². The highest BCUT2D eigenvalue weighted by Crippen LogP contribution is 2.34. The lowest BCUT2D eigenvalue weighted by Crippen LogP contribution is -2.29. The molecule has 3 aromatic heterocycles. The van der Waals surface area contributed by atoms with Gasteiger partial charge in [0.1, 0.15) is 11.4 Å². The van der Waals surface area contributed by atoms with Crippen LogP contribution in [0, 0.1) is 0 Å². The van der Waals surface area contributed by atoms with Crippen LogP contribution in [0.1, 0.15) is 36.7 Å². The van der Waals surface area contributed by atoms with Crippen molar-refractivity contribution in [2.75, 3.05) is 23.3 Å². The second-order valence-electron chi connectivity index (χ2n) is 7.29. The number of carbonyl (C=O) groups is 1. The third-order valence-electron chi connectivity index (χ3n) is 5.35. The number of nitrogens with one attached hydrogen (secondary N) is 1. The zero-order valence-electron chi connectivity index (χ0n) is 16.8. The van der Waals surface area contributed by atoms with Crippen LogP contribution in [0.3, 0.4) is 0 Å². The molecule has 0 radical (unpaired) electrons. The summed E-state index contributed by atoms with van der Waals surface area (Å²) in [4.78, 5) is 21.0. The van der Waals surface area contributed by atoms with Crippen LogP contribution < -0.4 is 10.2 Å². The van der Waals surface area contributed by atoms with Crippen LogP contribution in [0.2, 0.25) is 0 Å². The first kappa shape index (κ1) is 18.8. The van der Waals surface area contributed by atoms with Gasteiger partial charge in [0.15, 0.2) is 5.82 Å². The van der Waals surface area contributed by atoms with Crippen LogP contribution in [-0.4, -0.2) is 43.4 Å². The minimum atomic E-state index is -0.221. The molecule has 1 fully saturated rings. The highest BCUT2D eigenvalue weighted by Gasteiger charge is 2.23. The summed E-state index contributed by atoms with van der Waals surface area (Å²) >= 11 is 1.56. The molecule has 1 aliphatic heterocycles. The summed E-state index contributed by atoms with van der Waals surface area (Å²) in [5.41, 5.74) is 2.17. The van der Waals surface area contributed by atoms with E-state index in [4.69, 9.17) is 10.1 Å².